The first-order valence-corrected chi connectivity index (χ1v) is 7.79. The largest absolute Gasteiger partial charge is 0.371 e. The van der Waals surface area contributed by atoms with E-state index in [9.17, 15) is 9.18 Å². The third-order valence-electron chi connectivity index (χ3n) is 3.72. The molecule has 0 unspecified atom stereocenters. The number of benzene rings is 1. The third kappa shape index (κ3) is 4.75. The van der Waals surface area contributed by atoms with Crippen molar-refractivity contribution in [1.29, 1.82) is 0 Å². The summed E-state index contributed by atoms with van der Waals surface area (Å²) in [6.45, 7) is 5.07. The molecule has 0 saturated carbocycles. The topological polar surface area (TPSA) is 38.8 Å². The number of hydrogen-bond donors (Lipinski definition) is 0. The number of allylic oxidation sites excluding steroid dienone is 1. The molecule has 0 radical (unpaired) electrons. The number of hydrogen-bond acceptors (Lipinski definition) is 3. The number of halogens is 1. The highest BCUT2D eigenvalue weighted by molar-refractivity contribution is 5.57. The predicted molar refractivity (Wildman–Crippen MR) is 84.2 cm³/mol. The maximum atomic E-state index is 14.0. The standard InChI is InChI=1S/C18H23FO3/c1-3-18(22-12-15-11-21-15)16-10-17(19)13(2)9-14(16)7-5-4-6-8-20/h5,7-10,15,18H,3-4,6,11-12H2,1-2H3/b7-5+/t15-,18-/m1/s1. The quantitative estimate of drug-likeness (QED) is 0.393. The number of rotatable bonds is 9. The fourth-order valence-corrected chi connectivity index (χ4v) is 2.33. The summed E-state index contributed by atoms with van der Waals surface area (Å²) in [5, 5.41) is 0. The predicted octanol–water partition coefficient (Wildman–Crippen LogP) is 3.99. The summed E-state index contributed by atoms with van der Waals surface area (Å²) < 4.78 is 25.0. The van der Waals surface area contributed by atoms with Crippen molar-refractivity contribution in [3.63, 3.8) is 0 Å². The highest BCUT2D eigenvalue weighted by atomic mass is 19.1. The molecule has 2 atom stereocenters. The highest BCUT2D eigenvalue weighted by Gasteiger charge is 2.25. The number of carbonyl (C=O) groups excluding carboxylic acids is 1. The molecule has 0 bridgehead atoms. The SMILES string of the molecule is CC[C@@H](OC[C@H]1CO1)c1cc(F)c(C)cc1/C=C/CCC=O. The van der Waals surface area contributed by atoms with Crippen LogP contribution < -0.4 is 0 Å². The second-order valence-corrected chi connectivity index (χ2v) is 5.56. The Labute approximate surface area is 131 Å². The molecule has 0 N–H and O–H groups in total. The van der Waals surface area contributed by atoms with Crippen molar-refractivity contribution >= 4 is 12.4 Å². The smallest absolute Gasteiger partial charge is 0.126 e. The van der Waals surface area contributed by atoms with E-state index in [0.717, 1.165) is 30.4 Å². The number of ether oxygens (including phenoxy) is 2. The molecule has 1 aromatic carbocycles. The summed E-state index contributed by atoms with van der Waals surface area (Å²) >= 11 is 0. The molecule has 2 rings (SSSR count). The maximum absolute atomic E-state index is 14.0. The Balaban J connectivity index is 2.19. The van der Waals surface area contributed by atoms with Gasteiger partial charge in [-0.2, -0.15) is 0 Å². The Kier molecular flexibility index (Phi) is 6.28. The molecule has 0 aliphatic carbocycles. The summed E-state index contributed by atoms with van der Waals surface area (Å²) in [6, 6.07) is 3.40. The van der Waals surface area contributed by atoms with Gasteiger partial charge in [0.15, 0.2) is 0 Å². The number of epoxide rings is 1. The van der Waals surface area contributed by atoms with Crippen LogP contribution in [0.5, 0.6) is 0 Å². The van der Waals surface area contributed by atoms with Crippen molar-refractivity contribution in [2.45, 2.75) is 45.3 Å². The molecule has 4 heteroatoms. The van der Waals surface area contributed by atoms with Crippen molar-refractivity contribution in [3.8, 4) is 0 Å². The normalized spacial score (nSPS) is 18.6. The Morgan fingerprint density at radius 3 is 2.86 bits per heavy atom. The van der Waals surface area contributed by atoms with Crippen LogP contribution >= 0.6 is 0 Å². The van der Waals surface area contributed by atoms with Gasteiger partial charge in [-0.1, -0.05) is 19.1 Å². The van der Waals surface area contributed by atoms with Gasteiger partial charge in [-0.25, -0.2) is 4.39 Å². The van der Waals surface area contributed by atoms with Crippen LogP contribution in [0.4, 0.5) is 4.39 Å². The molecule has 0 spiro atoms. The van der Waals surface area contributed by atoms with E-state index in [1.54, 1.807) is 13.0 Å². The summed E-state index contributed by atoms with van der Waals surface area (Å²) in [7, 11) is 0. The van der Waals surface area contributed by atoms with Gasteiger partial charge in [-0.15, -0.1) is 0 Å². The lowest BCUT2D eigenvalue weighted by Gasteiger charge is -2.19. The number of aryl methyl sites for hydroxylation is 1. The van der Waals surface area contributed by atoms with E-state index in [2.05, 4.69) is 0 Å². The van der Waals surface area contributed by atoms with E-state index in [1.807, 2.05) is 25.1 Å². The van der Waals surface area contributed by atoms with Crippen LogP contribution in [-0.4, -0.2) is 25.6 Å². The van der Waals surface area contributed by atoms with Crippen LogP contribution in [0.2, 0.25) is 0 Å². The van der Waals surface area contributed by atoms with Gasteiger partial charge in [0.1, 0.15) is 18.2 Å². The molecule has 22 heavy (non-hydrogen) atoms. The van der Waals surface area contributed by atoms with Crippen molar-refractivity contribution < 1.29 is 18.7 Å². The van der Waals surface area contributed by atoms with Gasteiger partial charge in [-0.3, -0.25) is 0 Å². The van der Waals surface area contributed by atoms with Gasteiger partial charge in [-0.05, 0) is 48.6 Å². The van der Waals surface area contributed by atoms with E-state index in [4.69, 9.17) is 9.47 Å². The van der Waals surface area contributed by atoms with Gasteiger partial charge in [0.2, 0.25) is 0 Å². The van der Waals surface area contributed by atoms with E-state index in [1.165, 1.54) is 0 Å². The average molecular weight is 306 g/mol. The maximum Gasteiger partial charge on any atom is 0.126 e. The van der Waals surface area contributed by atoms with Crippen LogP contribution in [0, 0.1) is 12.7 Å². The van der Waals surface area contributed by atoms with Gasteiger partial charge in [0.05, 0.1) is 19.3 Å². The summed E-state index contributed by atoms with van der Waals surface area (Å²) in [5.41, 5.74) is 2.42. The van der Waals surface area contributed by atoms with E-state index >= 15 is 0 Å². The Bertz CT molecular complexity index is 535. The molecule has 0 aromatic heterocycles. The molecular formula is C18H23FO3. The van der Waals surface area contributed by atoms with Crippen LogP contribution in [-0.2, 0) is 14.3 Å². The summed E-state index contributed by atoms with van der Waals surface area (Å²) in [6.07, 6.45) is 6.79. The lowest BCUT2D eigenvalue weighted by atomic mass is 9.97. The minimum absolute atomic E-state index is 0.148. The minimum atomic E-state index is -0.218. The van der Waals surface area contributed by atoms with E-state index < -0.39 is 0 Å². The van der Waals surface area contributed by atoms with Crippen molar-refractivity contribution in [1.82, 2.24) is 0 Å². The molecule has 1 fully saturated rings. The zero-order chi connectivity index (χ0) is 15.9. The fourth-order valence-electron chi connectivity index (χ4n) is 2.33. The van der Waals surface area contributed by atoms with Crippen molar-refractivity contribution in [3.05, 3.63) is 40.7 Å². The van der Waals surface area contributed by atoms with Gasteiger partial charge < -0.3 is 14.3 Å². The average Bonchev–Trinajstić information content (AvgIpc) is 3.32. The number of aldehydes is 1. The molecule has 1 aromatic rings. The van der Waals surface area contributed by atoms with Gasteiger partial charge in [0.25, 0.3) is 0 Å². The van der Waals surface area contributed by atoms with Crippen LogP contribution in [0.1, 0.15) is 49.0 Å². The molecule has 120 valence electrons. The molecule has 3 nitrogen and oxygen atoms in total. The zero-order valence-electron chi connectivity index (χ0n) is 13.2. The first-order valence-electron chi connectivity index (χ1n) is 7.79. The summed E-state index contributed by atoms with van der Waals surface area (Å²) in [4.78, 5) is 10.4. The molecular weight excluding hydrogens is 283 g/mol. The van der Waals surface area contributed by atoms with E-state index in [0.29, 0.717) is 25.0 Å². The number of unbranched alkanes of at least 4 members (excludes halogenated alkanes) is 1. The van der Waals surface area contributed by atoms with Gasteiger partial charge in [0, 0.05) is 6.42 Å². The van der Waals surface area contributed by atoms with Crippen LogP contribution in [0.25, 0.3) is 6.08 Å². The molecule has 0 amide bonds. The first-order chi connectivity index (χ1) is 10.7. The Morgan fingerprint density at radius 2 is 2.23 bits per heavy atom. The monoisotopic (exact) mass is 306 g/mol. The van der Waals surface area contributed by atoms with Crippen LogP contribution in [0.15, 0.2) is 18.2 Å². The lowest BCUT2D eigenvalue weighted by Crippen LogP contribution is -2.10. The molecule has 1 aliphatic rings. The second kappa shape index (κ2) is 8.20. The zero-order valence-corrected chi connectivity index (χ0v) is 13.2. The molecule has 1 aliphatic heterocycles. The lowest BCUT2D eigenvalue weighted by molar-refractivity contribution is -0.107. The highest BCUT2D eigenvalue weighted by Crippen LogP contribution is 2.29. The Hall–Kier alpha value is -1.52. The minimum Gasteiger partial charge on any atom is -0.371 e. The summed E-state index contributed by atoms with van der Waals surface area (Å²) in [5.74, 6) is -0.218. The van der Waals surface area contributed by atoms with Crippen molar-refractivity contribution in [2.75, 3.05) is 13.2 Å². The molecule has 1 heterocycles. The third-order valence-corrected chi connectivity index (χ3v) is 3.72. The van der Waals surface area contributed by atoms with Gasteiger partial charge >= 0.3 is 0 Å². The fraction of sp³-hybridized carbons (Fsp3) is 0.500. The van der Waals surface area contributed by atoms with Crippen molar-refractivity contribution in [2.24, 2.45) is 0 Å². The second-order valence-electron chi connectivity index (χ2n) is 5.56. The molecule has 1 saturated heterocycles. The first kappa shape index (κ1) is 16.8. The van der Waals surface area contributed by atoms with E-state index in [-0.39, 0.29) is 18.0 Å². The Morgan fingerprint density at radius 1 is 1.45 bits per heavy atom. The number of carbonyl (C=O) groups is 1. The van der Waals surface area contributed by atoms with Crippen LogP contribution in [0.3, 0.4) is 0 Å².